The smallest absolute Gasteiger partial charge is 0.322 e. The van der Waals surface area contributed by atoms with Crippen LogP contribution in [0.3, 0.4) is 0 Å². The molecule has 0 amide bonds. The maximum absolute atomic E-state index is 12.5. The van der Waals surface area contributed by atoms with Gasteiger partial charge in [-0.25, -0.2) is 8.42 Å². The molecule has 7 nitrogen and oxygen atoms in total. The molecule has 0 saturated heterocycles. The number of nitrogens with zero attached hydrogens (tertiary/aromatic N) is 1. The second kappa shape index (κ2) is 7.22. The number of carbonyl (C=O) groups is 1. The van der Waals surface area contributed by atoms with Crippen LogP contribution in [0.1, 0.15) is 12.0 Å². The number of benzene rings is 2. The molecular formula is C16H15NO6S. The first-order valence-corrected chi connectivity index (χ1v) is 8.62. The van der Waals surface area contributed by atoms with Crippen LogP contribution in [0.25, 0.3) is 0 Å². The van der Waals surface area contributed by atoms with Crippen LogP contribution in [-0.2, 0) is 21.1 Å². The van der Waals surface area contributed by atoms with Gasteiger partial charge in [-0.05, 0) is 30.5 Å². The van der Waals surface area contributed by atoms with Gasteiger partial charge in [-0.1, -0.05) is 30.3 Å². The minimum absolute atomic E-state index is 0.0847. The highest BCUT2D eigenvalue weighted by molar-refractivity contribution is 7.92. The van der Waals surface area contributed by atoms with Gasteiger partial charge in [0.1, 0.15) is 0 Å². The van der Waals surface area contributed by atoms with E-state index in [2.05, 4.69) is 0 Å². The predicted molar refractivity (Wildman–Crippen MR) is 86.5 cm³/mol. The van der Waals surface area contributed by atoms with Crippen molar-refractivity contribution in [2.45, 2.75) is 23.0 Å². The highest BCUT2D eigenvalue weighted by Gasteiger charge is 2.33. The fourth-order valence-corrected chi connectivity index (χ4v) is 3.81. The van der Waals surface area contributed by atoms with E-state index in [-0.39, 0.29) is 17.0 Å². The van der Waals surface area contributed by atoms with Crippen molar-refractivity contribution in [2.24, 2.45) is 0 Å². The topological polar surface area (TPSA) is 115 Å². The first-order valence-electron chi connectivity index (χ1n) is 7.07. The molecule has 0 bridgehead atoms. The van der Waals surface area contributed by atoms with Gasteiger partial charge in [0.05, 0.1) is 9.82 Å². The summed E-state index contributed by atoms with van der Waals surface area (Å²) in [6.45, 7) is 0. The van der Waals surface area contributed by atoms with Crippen LogP contribution < -0.4 is 0 Å². The first-order chi connectivity index (χ1) is 11.3. The van der Waals surface area contributed by atoms with E-state index >= 15 is 0 Å². The van der Waals surface area contributed by atoms with E-state index in [9.17, 15) is 28.4 Å². The van der Waals surface area contributed by atoms with Gasteiger partial charge in [-0.2, -0.15) is 0 Å². The third-order valence-corrected chi connectivity index (χ3v) is 5.68. The predicted octanol–water partition coefficient (Wildman–Crippen LogP) is 2.45. The molecule has 0 aliphatic heterocycles. The SMILES string of the molecule is O=C(O)C(CCc1ccccc1)S(=O)(=O)c1ccc([N+](=O)[O-])cc1. The van der Waals surface area contributed by atoms with Crippen molar-refractivity contribution in [2.75, 3.05) is 0 Å². The van der Waals surface area contributed by atoms with E-state index in [1.807, 2.05) is 6.07 Å². The molecule has 0 spiro atoms. The van der Waals surface area contributed by atoms with Crippen LogP contribution in [-0.4, -0.2) is 29.7 Å². The van der Waals surface area contributed by atoms with Crippen LogP contribution in [0.4, 0.5) is 5.69 Å². The van der Waals surface area contributed by atoms with Gasteiger partial charge in [0.15, 0.2) is 15.1 Å². The second-order valence-corrected chi connectivity index (χ2v) is 7.28. The number of rotatable bonds is 7. The summed E-state index contributed by atoms with van der Waals surface area (Å²) in [4.78, 5) is 21.2. The number of carboxylic acids is 1. The molecule has 0 aromatic heterocycles. The fourth-order valence-electron chi connectivity index (χ4n) is 2.28. The molecule has 1 unspecified atom stereocenters. The largest absolute Gasteiger partial charge is 0.480 e. The van der Waals surface area contributed by atoms with E-state index in [4.69, 9.17) is 0 Å². The standard InChI is InChI=1S/C16H15NO6S/c18-16(19)15(11-6-12-4-2-1-3-5-12)24(22,23)14-9-7-13(8-10-14)17(20)21/h1-5,7-10,15H,6,11H2,(H,18,19). The number of nitro benzene ring substituents is 1. The molecule has 1 atom stereocenters. The van der Waals surface area contributed by atoms with Crippen molar-refractivity contribution >= 4 is 21.5 Å². The van der Waals surface area contributed by atoms with Crippen LogP contribution in [0, 0.1) is 10.1 Å². The summed E-state index contributed by atoms with van der Waals surface area (Å²) in [5, 5.41) is 18.3. The number of sulfone groups is 1. The normalized spacial score (nSPS) is 12.5. The molecule has 24 heavy (non-hydrogen) atoms. The molecule has 126 valence electrons. The fraction of sp³-hybridized carbons (Fsp3) is 0.188. The van der Waals surface area contributed by atoms with Gasteiger partial charge in [0.25, 0.3) is 5.69 Å². The average molecular weight is 349 g/mol. The Balaban J connectivity index is 2.25. The molecule has 2 rings (SSSR count). The number of hydrogen-bond donors (Lipinski definition) is 1. The summed E-state index contributed by atoms with van der Waals surface area (Å²) in [7, 11) is -4.14. The Morgan fingerprint density at radius 1 is 1.08 bits per heavy atom. The minimum atomic E-state index is -4.14. The molecule has 0 aliphatic carbocycles. The maximum atomic E-state index is 12.5. The minimum Gasteiger partial charge on any atom is -0.480 e. The highest BCUT2D eigenvalue weighted by atomic mass is 32.2. The van der Waals surface area contributed by atoms with Crippen molar-refractivity contribution in [1.29, 1.82) is 0 Å². The lowest BCUT2D eigenvalue weighted by Gasteiger charge is -2.13. The Kier molecular flexibility index (Phi) is 5.30. The number of aryl methyl sites for hydroxylation is 1. The molecule has 0 radical (unpaired) electrons. The quantitative estimate of drug-likeness (QED) is 0.606. The van der Waals surface area contributed by atoms with Gasteiger partial charge in [-0.15, -0.1) is 0 Å². The Morgan fingerprint density at radius 3 is 2.17 bits per heavy atom. The van der Waals surface area contributed by atoms with Crippen molar-refractivity contribution in [1.82, 2.24) is 0 Å². The third-order valence-electron chi connectivity index (χ3n) is 3.56. The zero-order valence-electron chi connectivity index (χ0n) is 12.5. The molecule has 2 aromatic rings. The molecule has 0 saturated carbocycles. The van der Waals surface area contributed by atoms with Crippen molar-refractivity contribution in [3.8, 4) is 0 Å². The molecule has 0 heterocycles. The van der Waals surface area contributed by atoms with E-state index < -0.39 is 26.0 Å². The molecule has 0 aliphatic rings. The summed E-state index contributed by atoms with van der Waals surface area (Å²) < 4.78 is 25.1. The zero-order valence-corrected chi connectivity index (χ0v) is 13.3. The number of hydrogen-bond acceptors (Lipinski definition) is 5. The number of aliphatic carboxylic acids is 1. The third kappa shape index (κ3) is 3.96. The zero-order chi connectivity index (χ0) is 17.7. The summed E-state index contributed by atoms with van der Waals surface area (Å²) in [6, 6.07) is 13.2. The van der Waals surface area contributed by atoms with E-state index in [1.165, 1.54) is 0 Å². The molecule has 2 aromatic carbocycles. The van der Waals surface area contributed by atoms with E-state index in [0.717, 1.165) is 29.8 Å². The second-order valence-electron chi connectivity index (χ2n) is 5.15. The highest BCUT2D eigenvalue weighted by Crippen LogP contribution is 2.23. The van der Waals surface area contributed by atoms with Gasteiger partial charge >= 0.3 is 5.97 Å². The van der Waals surface area contributed by atoms with Gasteiger partial charge in [0.2, 0.25) is 0 Å². The Morgan fingerprint density at radius 2 is 1.67 bits per heavy atom. The molecule has 8 heteroatoms. The van der Waals surface area contributed by atoms with Crippen LogP contribution in [0.15, 0.2) is 59.5 Å². The van der Waals surface area contributed by atoms with Gasteiger partial charge in [-0.3, -0.25) is 14.9 Å². The lowest BCUT2D eigenvalue weighted by atomic mass is 10.1. The van der Waals surface area contributed by atoms with Crippen molar-refractivity contribution in [3.63, 3.8) is 0 Å². The monoisotopic (exact) mass is 349 g/mol. The number of carboxylic acid groups (broad SMARTS) is 1. The van der Waals surface area contributed by atoms with Crippen molar-refractivity contribution < 1.29 is 23.2 Å². The van der Waals surface area contributed by atoms with Gasteiger partial charge in [0, 0.05) is 12.1 Å². The number of non-ortho nitro benzene ring substituents is 1. The number of nitro groups is 1. The van der Waals surface area contributed by atoms with E-state index in [1.54, 1.807) is 24.3 Å². The first kappa shape index (κ1) is 17.6. The average Bonchev–Trinajstić information content (AvgIpc) is 2.55. The molecular weight excluding hydrogens is 334 g/mol. The summed E-state index contributed by atoms with van der Waals surface area (Å²) in [5.74, 6) is -1.44. The Bertz CT molecular complexity index is 831. The van der Waals surface area contributed by atoms with Crippen LogP contribution in [0.5, 0.6) is 0 Å². The maximum Gasteiger partial charge on any atom is 0.322 e. The summed E-state index contributed by atoms with van der Waals surface area (Å²) in [6.07, 6.45) is 0.211. The lowest BCUT2D eigenvalue weighted by molar-refractivity contribution is -0.384. The Hall–Kier alpha value is -2.74. The summed E-state index contributed by atoms with van der Waals surface area (Å²) >= 11 is 0. The van der Waals surface area contributed by atoms with Crippen molar-refractivity contribution in [3.05, 3.63) is 70.3 Å². The van der Waals surface area contributed by atoms with Crippen LogP contribution >= 0.6 is 0 Å². The molecule has 0 fully saturated rings. The van der Waals surface area contributed by atoms with E-state index in [0.29, 0.717) is 6.42 Å². The lowest BCUT2D eigenvalue weighted by Crippen LogP contribution is -2.30. The van der Waals surface area contributed by atoms with Gasteiger partial charge < -0.3 is 5.11 Å². The summed E-state index contributed by atoms with van der Waals surface area (Å²) in [5.41, 5.74) is 0.577. The molecule has 1 N–H and O–H groups in total. The Labute approximate surface area is 138 Å². The van der Waals surface area contributed by atoms with Crippen LogP contribution in [0.2, 0.25) is 0 Å².